The van der Waals surface area contributed by atoms with Crippen LogP contribution in [-0.2, 0) is 5.41 Å². The van der Waals surface area contributed by atoms with Crippen molar-refractivity contribution in [3.8, 4) is 67.3 Å². The second-order valence-corrected chi connectivity index (χ2v) is 17.1. The van der Waals surface area contributed by atoms with E-state index in [4.69, 9.17) is 9.97 Å². The molecule has 0 fully saturated rings. The number of hydrogen-bond acceptors (Lipinski definition) is 3. The summed E-state index contributed by atoms with van der Waals surface area (Å²) in [6.45, 7) is 0. The first-order chi connectivity index (χ1) is 30.7. The molecule has 62 heavy (non-hydrogen) atoms. The van der Waals surface area contributed by atoms with E-state index in [-0.39, 0.29) is 0 Å². The van der Waals surface area contributed by atoms with Crippen LogP contribution in [0.3, 0.4) is 0 Å². The van der Waals surface area contributed by atoms with E-state index < -0.39 is 5.41 Å². The van der Waals surface area contributed by atoms with Crippen molar-refractivity contribution in [2.45, 2.75) is 5.41 Å². The molecule has 0 saturated carbocycles. The molecule has 0 amide bonds. The summed E-state index contributed by atoms with van der Waals surface area (Å²) in [5.41, 5.74) is 16.9. The van der Waals surface area contributed by atoms with Gasteiger partial charge in [-0.2, -0.15) is 0 Å². The zero-order chi connectivity index (χ0) is 41.0. The number of nitrogens with zero attached hydrogens (tertiary/aromatic N) is 2. The van der Waals surface area contributed by atoms with E-state index in [0.29, 0.717) is 5.82 Å². The molecule has 2 nitrogen and oxygen atoms in total. The van der Waals surface area contributed by atoms with Gasteiger partial charge in [0.05, 0.1) is 16.8 Å². The first-order valence-electron chi connectivity index (χ1n) is 21.1. The van der Waals surface area contributed by atoms with Crippen molar-refractivity contribution in [3.63, 3.8) is 0 Å². The third kappa shape index (κ3) is 5.78. The molecule has 0 saturated heterocycles. The summed E-state index contributed by atoms with van der Waals surface area (Å²) in [6, 6.07) is 83.3. The minimum absolute atomic E-state index is 0.416. The van der Waals surface area contributed by atoms with Crippen molar-refractivity contribution >= 4 is 31.5 Å². The van der Waals surface area contributed by atoms with Crippen LogP contribution in [0.4, 0.5) is 0 Å². The summed E-state index contributed by atoms with van der Waals surface area (Å²) < 4.78 is 2.58. The predicted molar refractivity (Wildman–Crippen MR) is 259 cm³/mol. The molecule has 0 N–H and O–H groups in total. The fourth-order valence-corrected chi connectivity index (χ4v) is 11.0. The van der Waals surface area contributed by atoms with E-state index in [1.807, 2.05) is 29.5 Å². The molecular formula is C59H38N2S. The van der Waals surface area contributed by atoms with E-state index in [0.717, 1.165) is 39.2 Å². The first-order valence-corrected chi connectivity index (χ1v) is 22.0. The largest absolute Gasteiger partial charge is 0.228 e. The topological polar surface area (TPSA) is 25.8 Å². The van der Waals surface area contributed by atoms with Gasteiger partial charge in [-0.25, -0.2) is 9.97 Å². The Bertz CT molecular complexity index is 3400. The van der Waals surface area contributed by atoms with Gasteiger partial charge in [-0.15, -0.1) is 11.3 Å². The van der Waals surface area contributed by atoms with Crippen molar-refractivity contribution < 1.29 is 0 Å². The van der Waals surface area contributed by atoms with Crippen LogP contribution in [0.5, 0.6) is 0 Å². The molecule has 0 atom stereocenters. The Kier molecular flexibility index (Phi) is 8.62. The Morgan fingerprint density at radius 1 is 0.323 bits per heavy atom. The molecule has 0 radical (unpaired) electrons. The van der Waals surface area contributed by atoms with E-state index in [9.17, 15) is 0 Å². The van der Waals surface area contributed by atoms with Gasteiger partial charge in [0.15, 0.2) is 5.82 Å². The maximum Gasteiger partial charge on any atom is 0.160 e. The van der Waals surface area contributed by atoms with Crippen LogP contribution in [0.25, 0.3) is 87.5 Å². The summed E-state index contributed by atoms with van der Waals surface area (Å²) in [5.74, 6) is 0.704. The SMILES string of the molecule is c1ccc(-c2nc(-c3ccc(-c4ccc(C5(c6ccccc6)c6ccccc6-c6ccccc65)cc4)cc3)cc(-c3ccccc3-c3cccc4c3sc3ccccc34)n2)cc1. The molecular weight excluding hydrogens is 769 g/mol. The molecule has 0 bridgehead atoms. The number of aromatic nitrogens is 2. The summed E-state index contributed by atoms with van der Waals surface area (Å²) in [6.07, 6.45) is 0. The second-order valence-electron chi connectivity index (χ2n) is 16.0. The van der Waals surface area contributed by atoms with E-state index in [2.05, 4.69) is 212 Å². The van der Waals surface area contributed by atoms with Gasteiger partial charge in [0, 0.05) is 42.4 Å². The quantitative estimate of drug-likeness (QED) is 0.160. The third-order valence-corrected chi connectivity index (χ3v) is 13.9. The lowest BCUT2D eigenvalue weighted by molar-refractivity contribution is 0.768. The van der Waals surface area contributed by atoms with Crippen LogP contribution >= 0.6 is 11.3 Å². The summed E-state index contributed by atoms with van der Waals surface area (Å²) >= 11 is 1.85. The molecule has 12 rings (SSSR count). The molecule has 3 heteroatoms. The first kappa shape index (κ1) is 36.2. The molecule has 2 aromatic heterocycles. The van der Waals surface area contributed by atoms with E-state index in [1.165, 1.54) is 64.7 Å². The Morgan fingerprint density at radius 2 is 0.823 bits per heavy atom. The minimum atomic E-state index is -0.416. The summed E-state index contributed by atoms with van der Waals surface area (Å²) in [5, 5.41) is 2.58. The van der Waals surface area contributed by atoms with Gasteiger partial charge in [0.1, 0.15) is 0 Å². The maximum absolute atomic E-state index is 5.26. The molecule has 2 heterocycles. The van der Waals surface area contributed by atoms with Crippen LogP contribution in [0.15, 0.2) is 231 Å². The average Bonchev–Trinajstić information content (AvgIpc) is 3.89. The number of hydrogen-bond donors (Lipinski definition) is 0. The lowest BCUT2D eigenvalue weighted by Gasteiger charge is -2.34. The van der Waals surface area contributed by atoms with Crippen molar-refractivity contribution in [1.29, 1.82) is 0 Å². The lowest BCUT2D eigenvalue weighted by atomic mass is 9.67. The smallest absolute Gasteiger partial charge is 0.160 e. The molecule has 0 aliphatic heterocycles. The van der Waals surface area contributed by atoms with Crippen molar-refractivity contribution in [3.05, 3.63) is 253 Å². The molecule has 9 aromatic carbocycles. The Hall–Kier alpha value is -7.72. The van der Waals surface area contributed by atoms with Crippen LogP contribution in [0.2, 0.25) is 0 Å². The van der Waals surface area contributed by atoms with Gasteiger partial charge in [-0.1, -0.05) is 218 Å². The number of benzene rings is 9. The molecule has 290 valence electrons. The third-order valence-electron chi connectivity index (χ3n) is 12.6. The molecule has 11 aromatic rings. The normalized spacial score (nSPS) is 12.6. The van der Waals surface area contributed by atoms with Gasteiger partial charge >= 0.3 is 0 Å². The monoisotopic (exact) mass is 806 g/mol. The average molecular weight is 807 g/mol. The fourth-order valence-electron chi connectivity index (χ4n) is 9.81. The fraction of sp³-hybridized carbons (Fsp3) is 0.0169. The molecule has 0 spiro atoms. The zero-order valence-electron chi connectivity index (χ0n) is 33.7. The van der Waals surface area contributed by atoms with Gasteiger partial charge in [-0.05, 0) is 62.2 Å². The molecule has 1 aliphatic carbocycles. The maximum atomic E-state index is 5.26. The Labute approximate surface area is 365 Å². The summed E-state index contributed by atoms with van der Waals surface area (Å²) in [7, 11) is 0. The highest BCUT2D eigenvalue weighted by molar-refractivity contribution is 7.26. The van der Waals surface area contributed by atoms with Gasteiger partial charge in [0.2, 0.25) is 0 Å². The number of rotatable bonds is 7. The second kappa shape index (κ2) is 14.8. The standard InChI is InChI=1S/C59H38N2S/c1-3-16-42(17-4-1)58-60-54(38-55(61-58)48-23-8-7-20-45(48)50-25-15-26-51-49-24-11-14-29-56(49)62-57(50)51)41-32-30-39(31-33-41)40-34-36-44(37-35-40)59(43-18-5-2-6-19-43)52-27-12-9-21-46(52)47-22-10-13-28-53(47)59/h1-38H. The van der Waals surface area contributed by atoms with Gasteiger partial charge < -0.3 is 0 Å². The van der Waals surface area contributed by atoms with Crippen LogP contribution in [0.1, 0.15) is 22.3 Å². The minimum Gasteiger partial charge on any atom is -0.228 e. The van der Waals surface area contributed by atoms with Crippen molar-refractivity contribution in [2.75, 3.05) is 0 Å². The zero-order valence-corrected chi connectivity index (χ0v) is 34.6. The number of thiophene rings is 1. The lowest BCUT2D eigenvalue weighted by Crippen LogP contribution is -2.28. The summed E-state index contributed by atoms with van der Waals surface area (Å²) in [4.78, 5) is 10.5. The molecule has 1 aliphatic rings. The van der Waals surface area contributed by atoms with E-state index >= 15 is 0 Å². The van der Waals surface area contributed by atoms with Crippen molar-refractivity contribution in [1.82, 2.24) is 9.97 Å². The van der Waals surface area contributed by atoms with Gasteiger partial charge in [0.25, 0.3) is 0 Å². The van der Waals surface area contributed by atoms with Crippen molar-refractivity contribution in [2.24, 2.45) is 0 Å². The van der Waals surface area contributed by atoms with E-state index in [1.54, 1.807) is 0 Å². The Balaban J connectivity index is 0.939. The van der Waals surface area contributed by atoms with Gasteiger partial charge in [-0.3, -0.25) is 0 Å². The highest BCUT2D eigenvalue weighted by Crippen LogP contribution is 2.56. The van der Waals surface area contributed by atoms with Crippen LogP contribution in [0, 0.1) is 0 Å². The highest BCUT2D eigenvalue weighted by Gasteiger charge is 2.45. The predicted octanol–water partition coefficient (Wildman–Crippen LogP) is 15.5. The van der Waals surface area contributed by atoms with Crippen LogP contribution in [-0.4, -0.2) is 9.97 Å². The Morgan fingerprint density at radius 3 is 1.53 bits per heavy atom. The molecule has 0 unspecified atom stereocenters. The number of fused-ring (bicyclic) bond motifs is 6. The van der Waals surface area contributed by atoms with Crippen LogP contribution < -0.4 is 0 Å². The highest BCUT2D eigenvalue weighted by atomic mass is 32.1.